The summed E-state index contributed by atoms with van der Waals surface area (Å²) in [4.78, 5) is 34.0. The maximum absolute atomic E-state index is 15.3. The summed E-state index contributed by atoms with van der Waals surface area (Å²) >= 11 is 11.5. The number of cyclic esters (lactones) is 1. The smallest absolute Gasteiger partial charge is 0.339 e. The van der Waals surface area contributed by atoms with E-state index in [1.165, 1.54) is 6.07 Å². The number of carbonyl (C=O) groups excluding carboxylic acids is 2. The van der Waals surface area contributed by atoms with Gasteiger partial charge in [-0.3, -0.25) is 4.79 Å². The highest BCUT2D eigenvalue weighted by Gasteiger charge is 2.44. The zero-order valence-corrected chi connectivity index (χ0v) is 38.2. The molecule has 0 radical (unpaired) electrons. The van der Waals surface area contributed by atoms with Crippen molar-refractivity contribution < 1.29 is 46.9 Å². The van der Waals surface area contributed by atoms with Crippen molar-refractivity contribution in [3.8, 4) is 0 Å². The molecule has 3 aliphatic heterocycles. The van der Waals surface area contributed by atoms with Crippen molar-refractivity contribution in [2.45, 2.75) is 96.1 Å². The van der Waals surface area contributed by atoms with Crippen LogP contribution in [0.4, 0.5) is 8.78 Å². The number of hydrogen-bond acceptors (Lipinski definition) is 7. The Bertz CT molecular complexity index is 2130. The highest BCUT2D eigenvalue weighted by atomic mass is 35.5. The zero-order valence-electron chi connectivity index (χ0n) is 35.7. The van der Waals surface area contributed by atoms with Crippen molar-refractivity contribution in [2.75, 3.05) is 26.4 Å². The predicted molar refractivity (Wildman–Crippen MR) is 236 cm³/mol. The molecule has 3 aliphatic rings. The van der Waals surface area contributed by atoms with Gasteiger partial charge in [-0.05, 0) is 147 Å². The first-order chi connectivity index (χ1) is 28.9. The SMILES string of the molecule is CCC(C)(c1cc(F)c2c(c1)C(=O)OC2c1ccc(Cl)cc1)C1CCOCC1.CCC(O[Si](C)(C)C)(c1cc(F)cc(C(=O)O)c1)C1CCOCC1.O=Cc1ccc(Cl)cc1. The van der Waals surface area contributed by atoms with Gasteiger partial charge >= 0.3 is 11.9 Å². The number of halogens is 4. The molecule has 2 saturated heterocycles. The standard InChI is InChI=1S/C23H24ClFO3.C18H27FO4Si.C7H5ClO/c1-3-23(2,15-8-10-27-11-9-15)16-12-18-20(19(25)13-16)21(28-22(18)26)14-4-6-17(24)7-5-14;1-5-18(23-24(2,3)4,14-6-8-22-9-7-14)15-10-13(17(20)21)11-16(19)12-15;8-7-3-1-6(5-9)2-4-7/h4-7,12-13,15,21H,3,8-11H2,1-2H3;10-12,14H,5-9H2,1-4H3,(H,20,21);1-5H. The molecule has 3 heterocycles. The Kier molecular flexibility index (Phi) is 16.5. The van der Waals surface area contributed by atoms with Crippen LogP contribution in [0, 0.1) is 23.5 Å². The van der Waals surface area contributed by atoms with E-state index < -0.39 is 37.8 Å². The Labute approximate surface area is 369 Å². The van der Waals surface area contributed by atoms with E-state index in [-0.39, 0.29) is 22.7 Å². The summed E-state index contributed by atoms with van der Waals surface area (Å²) in [6.45, 7) is 15.4. The first-order valence-electron chi connectivity index (χ1n) is 20.9. The lowest BCUT2D eigenvalue weighted by atomic mass is 9.66. The normalized spacial score (nSPS) is 18.9. The van der Waals surface area contributed by atoms with Gasteiger partial charge < -0.3 is 23.7 Å². The van der Waals surface area contributed by atoms with Gasteiger partial charge in [0.1, 0.15) is 17.9 Å². The number of aromatic carboxylic acids is 1. The van der Waals surface area contributed by atoms with Crippen molar-refractivity contribution >= 4 is 49.7 Å². The molecule has 0 spiro atoms. The number of carboxylic acid groups (broad SMARTS) is 1. The summed E-state index contributed by atoms with van der Waals surface area (Å²) in [7, 11) is -1.95. The third kappa shape index (κ3) is 11.7. The molecule has 8 nitrogen and oxygen atoms in total. The Morgan fingerprint density at radius 3 is 1.89 bits per heavy atom. The van der Waals surface area contributed by atoms with E-state index in [9.17, 15) is 23.9 Å². The van der Waals surface area contributed by atoms with E-state index in [0.29, 0.717) is 63.4 Å². The summed E-state index contributed by atoms with van der Waals surface area (Å²) in [5, 5.41) is 10.5. The van der Waals surface area contributed by atoms with E-state index >= 15 is 4.39 Å². The predicted octanol–water partition coefficient (Wildman–Crippen LogP) is 12.4. The van der Waals surface area contributed by atoms with Gasteiger partial charge in [0.05, 0.1) is 16.7 Å². The largest absolute Gasteiger partial charge is 0.478 e. The first-order valence-corrected chi connectivity index (χ1v) is 25.0. The van der Waals surface area contributed by atoms with Gasteiger partial charge in [0.15, 0.2) is 14.4 Å². The number of carbonyl (C=O) groups is 3. The quantitative estimate of drug-likeness (QED) is 0.0901. The van der Waals surface area contributed by atoms with Crippen LogP contribution in [0.5, 0.6) is 0 Å². The van der Waals surface area contributed by atoms with Gasteiger partial charge in [0.25, 0.3) is 0 Å². The average Bonchev–Trinajstić information content (AvgIpc) is 3.59. The lowest BCUT2D eigenvalue weighted by Crippen LogP contribution is -2.47. The molecule has 7 rings (SSSR count). The van der Waals surface area contributed by atoms with Crippen LogP contribution in [-0.4, -0.2) is 58.1 Å². The minimum atomic E-state index is -1.95. The van der Waals surface area contributed by atoms with Crippen LogP contribution in [0.1, 0.15) is 119 Å². The fraction of sp³-hybridized carbons (Fsp3) is 0.438. The fourth-order valence-corrected chi connectivity index (χ4v) is 10.5. The first kappa shape index (κ1) is 48.1. The van der Waals surface area contributed by atoms with E-state index in [0.717, 1.165) is 63.2 Å². The molecule has 0 aliphatic carbocycles. The topological polar surface area (TPSA) is 108 Å². The monoisotopic (exact) mass is 896 g/mol. The van der Waals surface area contributed by atoms with Crippen molar-refractivity contribution in [2.24, 2.45) is 11.8 Å². The average molecular weight is 898 g/mol. The number of hydrogen-bond donors (Lipinski definition) is 1. The molecule has 0 bridgehead atoms. The van der Waals surface area contributed by atoms with Crippen LogP contribution < -0.4 is 0 Å². The Morgan fingerprint density at radius 1 is 0.820 bits per heavy atom. The number of fused-ring (bicyclic) bond motifs is 1. The Morgan fingerprint density at radius 2 is 1.38 bits per heavy atom. The molecule has 0 saturated carbocycles. The fourth-order valence-electron chi connectivity index (χ4n) is 8.70. The molecular weight excluding hydrogens is 842 g/mol. The van der Waals surface area contributed by atoms with Gasteiger partial charge in [-0.2, -0.15) is 0 Å². The van der Waals surface area contributed by atoms with Gasteiger partial charge in [-0.25, -0.2) is 18.4 Å². The maximum atomic E-state index is 15.3. The molecular formula is C48H56Cl2F2O8Si. The number of esters is 1. The number of ether oxygens (including phenoxy) is 3. The van der Waals surface area contributed by atoms with Crippen LogP contribution >= 0.6 is 23.2 Å². The lowest BCUT2D eigenvalue weighted by Gasteiger charge is -2.46. The number of aldehydes is 1. The van der Waals surface area contributed by atoms with E-state index in [2.05, 4.69) is 33.5 Å². The number of carboxylic acids is 1. The second-order valence-electron chi connectivity index (χ2n) is 17.0. The van der Waals surface area contributed by atoms with Crippen molar-refractivity contribution in [3.05, 3.63) is 139 Å². The van der Waals surface area contributed by atoms with E-state index in [4.69, 9.17) is 41.8 Å². The third-order valence-electron chi connectivity index (χ3n) is 12.1. The summed E-state index contributed by atoms with van der Waals surface area (Å²) < 4.78 is 52.6. The summed E-state index contributed by atoms with van der Waals surface area (Å²) in [5.74, 6) is -1.93. The second-order valence-corrected chi connectivity index (χ2v) is 22.3. The molecule has 4 aromatic carbocycles. The van der Waals surface area contributed by atoms with Gasteiger partial charge in [0, 0.05) is 47.6 Å². The Hall–Kier alpha value is -3.97. The van der Waals surface area contributed by atoms with Crippen molar-refractivity contribution in [1.29, 1.82) is 0 Å². The van der Waals surface area contributed by atoms with Gasteiger partial charge in [-0.1, -0.05) is 68.2 Å². The van der Waals surface area contributed by atoms with Crippen LogP contribution in [0.2, 0.25) is 29.7 Å². The molecule has 2 fully saturated rings. The molecule has 1 N–H and O–H groups in total. The van der Waals surface area contributed by atoms with Crippen LogP contribution in [0.25, 0.3) is 0 Å². The van der Waals surface area contributed by atoms with Crippen molar-refractivity contribution in [1.82, 2.24) is 0 Å². The van der Waals surface area contributed by atoms with E-state index in [1.807, 2.05) is 13.0 Å². The minimum Gasteiger partial charge on any atom is -0.478 e. The summed E-state index contributed by atoms with van der Waals surface area (Å²) in [5.41, 5.74) is 2.62. The van der Waals surface area contributed by atoms with Crippen molar-refractivity contribution in [3.63, 3.8) is 0 Å². The minimum absolute atomic E-state index is 0.0333. The lowest BCUT2D eigenvalue weighted by molar-refractivity contribution is -0.0601. The molecule has 13 heteroatoms. The van der Waals surface area contributed by atoms with Gasteiger partial charge in [0.2, 0.25) is 0 Å². The molecule has 328 valence electrons. The van der Waals surface area contributed by atoms with Crippen LogP contribution in [0.3, 0.4) is 0 Å². The number of rotatable bonds is 11. The molecule has 4 aromatic rings. The zero-order chi connectivity index (χ0) is 44.5. The molecule has 3 unspecified atom stereocenters. The Balaban J connectivity index is 0.000000194. The molecule has 0 amide bonds. The molecule has 0 aromatic heterocycles. The highest BCUT2D eigenvalue weighted by Crippen LogP contribution is 2.46. The second kappa shape index (κ2) is 20.9. The summed E-state index contributed by atoms with van der Waals surface area (Å²) in [6, 6.07) is 21.2. The van der Waals surface area contributed by atoms with Crippen LogP contribution in [-0.2, 0) is 29.7 Å². The molecule has 61 heavy (non-hydrogen) atoms. The molecule has 3 atom stereocenters. The third-order valence-corrected chi connectivity index (χ3v) is 13.5. The van der Waals surface area contributed by atoms with E-state index in [1.54, 1.807) is 60.7 Å². The highest BCUT2D eigenvalue weighted by molar-refractivity contribution is 6.69. The summed E-state index contributed by atoms with van der Waals surface area (Å²) in [6.07, 6.45) is 5.15. The van der Waals surface area contributed by atoms with Crippen LogP contribution in [0.15, 0.2) is 78.9 Å². The van der Waals surface area contributed by atoms with Gasteiger partial charge in [-0.15, -0.1) is 0 Å². The maximum Gasteiger partial charge on any atom is 0.339 e. The number of benzene rings is 4.